The lowest BCUT2D eigenvalue weighted by Gasteiger charge is -2.54. The van der Waals surface area contributed by atoms with E-state index in [1.54, 1.807) is 0 Å². The Kier molecular flexibility index (Phi) is 9.43. The van der Waals surface area contributed by atoms with Crippen LogP contribution < -0.4 is 0 Å². The van der Waals surface area contributed by atoms with Gasteiger partial charge in [-0.15, -0.1) is 0 Å². The summed E-state index contributed by atoms with van der Waals surface area (Å²) in [5.74, 6) is 6.18. The van der Waals surface area contributed by atoms with E-state index in [2.05, 4.69) is 13.8 Å². The Hall–Kier alpha value is -0.120. The second-order valence-corrected chi connectivity index (χ2v) is 14.6. The van der Waals surface area contributed by atoms with Crippen LogP contribution >= 0.6 is 0 Å². The van der Waals surface area contributed by atoms with E-state index in [0.717, 1.165) is 37.5 Å². The molecule has 3 N–H and O–H groups in total. The quantitative estimate of drug-likeness (QED) is 0.368. The minimum atomic E-state index is -0.122. The fourth-order valence-electron chi connectivity index (χ4n) is 10.6. The summed E-state index contributed by atoms with van der Waals surface area (Å²) in [6, 6.07) is 0. The predicted octanol–water partition coefficient (Wildman–Crippen LogP) is 7.36. The van der Waals surface area contributed by atoms with Gasteiger partial charge >= 0.3 is 0 Å². The van der Waals surface area contributed by atoms with Crippen molar-refractivity contribution in [3.8, 4) is 0 Å². The summed E-state index contributed by atoms with van der Waals surface area (Å²) in [6.45, 7) is 4.89. The van der Waals surface area contributed by atoms with E-state index in [4.69, 9.17) is 0 Å². The summed E-state index contributed by atoms with van der Waals surface area (Å²) in [7, 11) is 0. The third-order valence-corrected chi connectivity index (χ3v) is 12.5. The second-order valence-electron chi connectivity index (χ2n) is 14.6. The molecule has 0 heterocycles. The second kappa shape index (κ2) is 12.4. The van der Waals surface area contributed by atoms with Crippen molar-refractivity contribution in [2.75, 3.05) is 0 Å². The van der Waals surface area contributed by atoms with Crippen LogP contribution in [0.5, 0.6) is 0 Å². The van der Waals surface area contributed by atoms with Gasteiger partial charge in [0.25, 0.3) is 0 Å². The smallest absolute Gasteiger partial charge is 0.0573 e. The summed E-state index contributed by atoms with van der Waals surface area (Å²) in [6.07, 6.45) is 21.9. The average molecular weight is 503 g/mol. The van der Waals surface area contributed by atoms with Gasteiger partial charge in [-0.2, -0.15) is 0 Å². The first-order valence-corrected chi connectivity index (χ1v) is 16.5. The standard InChI is InChI=1S/C33H58O3/c1-21-16-31(35)29(23-10-5-3-6-11-23)19-27(21)33(25-14-9-15-26(34)18-25)28-20-30(32(36)17-22(28)2)24-12-7-4-8-13-24/h21-36H,3-20H2,1-2H3. The Bertz CT molecular complexity index is 622. The Balaban J connectivity index is 1.41. The minimum absolute atomic E-state index is 0.113. The van der Waals surface area contributed by atoms with Crippen LogP contribution in [0.1, 0.15) is 129 Å². The summed E-state index contributed by atoms with van der Waals surface area (Å²) >= 11 is 0. The van der Waals surface area contributed by atoms with E-state index < -0.39 is 0 Å². The highest BCUT2D eigenvalue weighted by Crippen LogP contribution is 2.55. The van der Waals surface area contributed by atoms with Crippen LogP contribution in [-0.2, 0) is 0 Å². The van der Waals surface area contributed by atoms with Gasteiger partial charge in [0.2, 0.25) is 0 Å². The number of hydrogen-bond acceptors (Lipinski definition) is 3. The summed E-state index contributed by atoms with van der Waals surface area (Å²) < 4.78 is 0. The van der Waals surface area contributed by atoms with Crippen molar-refractivity contribution in [1.82, 2.24) is 0 Å². The normalized spacial score (nSPS) is 46.9. The van der Waals surface area contributed by atoms with Crippen molar-refractivity contribution < 1.29 is 15.3 Å². The van der Waals surface area contributed by atoms with E-state index in [-0.39, 0.29) is 18.3 Å². The van der Waals surface area contributed by atoms with E-state index >= 15 is 0 Å². The average Bonchev–Trinajstić information content (AvgIpc) is 2.88. The molecule has 0 radical (unpaired) electrons. The third-order valence-electron chi connectivity index (χ3n) is 12.5. The number of rotatable bonds is 5. The minimum Gasteiger partial charge on any atom is -0.393 e. The lowest BCUT2D eigenvalue weighted by Crippen LogP contribution is -2.49. The van der Waals surface area contributed by atoms with Crippen molar-refractivity contribution in [2.45, 2.75) is 148 Å². The lowest BCUT2D eigenvalue weighted by atomic mass is 9.53. The molecule has 0 amide bonds. The lowest BCUT2D eigenvalue weighted by molar-refractivity contribution is -0.0925. The SMILES string of the molecule is CC1CC(O)C(C2CCCCC2)CC1C(C1CCCC(O)C1)C1CC(C2CCCCC2)C(O)CC1C. The van der Waals surface area contributed by atoms with E-state index in [1.807, 2.05) is 0 Å². The molecule has 0 saturated heterocycles. The molecule has 3 heteroatoms. The molecule has 0 spiro atoms. The summed E-state index contributed by atoms with van der Waals surface area (Å²) in [4.78, 5) is 0. The first kappa shape index (κ1) is 27.4. The van der Waals surface area contributed by atoms with E-state index in [9.17, 15) is 15.3 Å². The molecule has 10 unspecified atom stereocenters. The first-order chi connectivity index (χ1) is 17.4. The van der Waals surface area contributed by atoms with Crippen LogP contribution in [0.2, 0.25) is 0 Å². The molecule has 36 heavy (non-hydrogen) atoms. The maximum absolute atomic E-state index is 11.3. The molecule has 5 aliphatic rings. The zero-order valence-corrected chi connectivity index (χ0v) is 23.6. The Labute approximate surface area is 222 Å². The van der Waals surface area contributed by atoms with Crippen LogP contribution in [-0.4, -0.2) is 33.6 Å². The van der Waals surface area contributed by atoms with Crippen LogP contribution in [0.3, 0.4) is 0 Å². The van der Waals surface area contributed by atoms with Gasteiger partial charge in [-0.25, -0.2) is 0 Å². The predicted molar refractivity (Wildman–Crippen MR) is 147 cm³/mol. The summed E-state index contributed by atoms with van der Waals surface area (Å²) in [5.41, 5.74) is 0. The van der Waals surface area contributed by atoms with Gasteiger partial charge in [0.1, 0.15) is 0 Å². The molecule has 0 aromatic carbocycles. The van der Waals surface area contributed by atoms with Crippen molar-refractivity contribution in [3.05, 3.63) is 0 Å². The monoisotopic (exact) mass is 502 g/mol. The van der Waals surface area contributed by atoms with Gasteiger partial charge < -0.3 is 15.3 Å². The van der Waals surface area contributed by atoms with Crippen LogP contribution in [0.25, 0.3) is 0 Å². The molecule has 3 nitrogen and oxygen atoms in total. The van der Waals surface area contributed by atoms with Crippen molar-refractivity contribution in [2.24, 2.45) is 59.2 Å². The number of hydrogen-bond donors (Lipinski definition) is 3. The molecule has 5 fully saturated rings. The van der Waals surface area contributed by atoms with E-state index in [1.165, 1.54) is 89.9 Å². The van der Waals surface area contributed by atoms with Gasteiger partial charge in [-0.1, -0.05) is 84.5 Å². The fourth-order valence-corrected chi connectivity index (χ4v) is 10.6. The van der Waals surface area contributed by atoms with Gasteiger partial charge in [0, 0.05) is 0 Å². The molecular formula is C33H58O3. The number of aliphatic hydroxyl groups excluding tert-OH is 3. The largest absolute Gasteiger partial charge is 0.393 e. The Morgan fingerprint density at radius 2 is 0.972 bits per heavy atom. The molecule has 5 saturated carbocycles. The highest BCUT2D eigenvalue weighted by Gasteiger charge is 2.50. The number of aliphatic hydroxyl groups is 3. The molecule has 5 aliphatic carbocycles. The molecule has 0 aliphatic heterocycles. The maximum atomic E-state index is 11.3. The Morgan fingerprint density at radius 1 is 0.500 bits per heavy atom. The van der Waals surface area contributed by atoms with Crippen molar-refractivity contribution in [1.29, 1.82) is 0 Å². The van der Waals surface area contributed by atoms with Crippen LogP contribution in [0.15, 0.2) is 0 Å². The van der Waals surface area contributed by atoms with Gasteiger partial charge in [-0.05, 0) is 104 Å². The highest BCUT2D eigenvalue weighted by molar-refractivity contribution is 4.99. The van der Waals surface area contributed by atoms with Crippen LogP contribution in [0.4, 0.5) is 0 Å². The molecule has 0 bridgehead atoms. The summed E-state index contributed by atoms with van der Waals surface area (Å²) in [5, 5.41) is 33.3. The molecule has 0 aromatic rings. The highest BCUT2D eigenvalue weighted by atomic mass is 16.3. The Morgan fingerprint density at radius 3 is 1.42 bits per heavy atom. The molecule has 0 aromatic heterocycles. The zero-order chi connectivity index (χ0) is 25.2. The topological polar surface area (TPSA) is 60.7 Å². The van der Waals surface area contributed by atoms with Gasteiger partial charge in [0.05, 0.1) is 18.3 Å². The van der Waals surface area contributed by atoms with E-state index in [0.29, 0.717) is 47.3 Å². The first-order valence-electron chi connectivity index (χ1n) is 16.5. The third kappa shape index (κ3) is 6.04. The van der Waals surface area contributed by atoms with Gasteiger partial charge in [-0.3, -0.25) is 0 Å². The van der Waals surface area contributed by atoms with Crippen molar-refractivity contribution >= 4 is 0 Å². The molecular weight excluding hydrogens is 444 g/mol. The van der Waals surface area contributed by atoms with Crippen molar-refractivity contribution in [3.63, 3.8) is 0 Å². The fraction of sp³-hybridized carbons (Fsp3) is 1.00. The molecule has 5 rings (SSSR count). The molecule has 208 valence electrons. The maximum Gasteiger partial charge on any atom is 0.0573 e. The van der Waals surface area contributed by atoms with Crippen LogP contribution in [0, 0.1) is 59.2 Å². The van der Waals surface area contributed by atoms with Gasteiger partial charge in [0.15, 0.2) is 0 Å². The zero-order valence-electron chi connectivity index (χ0n) is 23.6. The molecule has 10 atom stereocenters.